The van der Waals surface area contributed by atoms with Gasteiger partial charge in [-0.05, 0) is 56.9 Å². The van der Waals surface area contributed by atoms with Gasteiger partial charge in [-0.3, -0.25) is 4.79 Å². The second-order valence-electron chi connectivity index (χ2n) is 9.30. The monoisotopic (exact) mass is 474 g/mol. The van der Waals surface area contributed by atoms with Gasteiger partial charge in [-0.1, -0.05) is 0 Å². The molecule has 1 saturated heterocycles. The molecule has 2 aromatic heterocycles. The van der Waals surface area contributed by atoms with Gasteiger partial charge in [0.1, 0.15) is 5.82 Å². The molecule has 0 aliphatic carbocycles. The Bertz CT molecular complexity index is 1430. The number of likely N-dealkylation sites (tertiary alicyclic amines) is 1. The van der Waals surface area contributed by atoms with Crippen molar-refractivity contribution in [3.05, 3.63) is 59.2 Å². The highest BCUT2D eigenvalue weighted by molar-refractivity contribution is 5.99. The first kappa shape index (κ1) is 22.9. The first-order chi connectivity index (χ1) is 16.8. The predicted molar refractivity (Wildman–Crippen MR) is 132 cm³/mol. The number of amides is 1. The second kappa shape index (κ2) is 8.41. The SMILES string of the molecule is COc1cc2nc(C3(C)CCCN3C(=O)c3cc(C)c(C)cc3-n3nccn3)n(C)c2cc1OC. The maximum Gasteiger partial charge on any atom is 0.256 e. The summed E-state index contributed by atoms with van der Waals surface area (Å²) < 4.78 is 13.0. The van der Waals surface area contributed by atoms with E-state index in [1.807, 2.05) is 50.1 Å². The number of carbonyl (C=O) groups excluding carboxylic acids is 1. The lowest BCUT2D eigenvalue weighted by molar-refractivity contribution is 0.0599. The molecule has 2 aromatic carbocycles. The van der Waals surface area contributed by atoms with Gasteiger partial charge in [0.25, 0.3) is 5.91 Å². The third-order valence-electron chi connectivity index (χ3n) is 7.23. The summed E-state index contributed by atoms with van der Waals surface area (Å²) in [7, 11) is 5.22. The average Bonchev–Trinajstić information content (AvgIpc) is 3.59. The summed E-state index contributed by atoms with van der Waals surface area (Å²) in [5.41, 5.74) is 4.53. The van der Waals surface area contributed by atoms with Gasteiger partial charge in [0.2, 0.25) is 0 Å². The molecule has 1 aliphatic rings. The summed E-state index contributed by atoms with van der Waals surface area (Å²) in [6.45, 7) is 6.78. The molecule has 9 nitrogen and oxygen atoms in total. The number of fused-ring (bicyclic) bond motifs is 1. The van der Waals surface area contributed by atoms with Crippen molar-refractivity contribution < 1.29 is 14.3 Å². The quantitative estimate of drug-likeness (QED) is 0.435. The molecule has 1 fully saturated rings. The van der Waals surface area contributed by atoms with Gasteiger partial charge in [0.05, 0.1) is 54.4 Å². The molecule has 0 saturated carbocycles. The predicted octanol–water partition coefficient (Wildman–Crippen LogP) is 3.94. The highest BCUT2D eigenvalue weighted by Gasteiger charge is 2.45. The van der Waals surface area contributed by atoms with Crippen LogP contribution in [0.25, 0.3) is 16.7 Å². The van der Waals surface area contributed by atoms with Crippen LogP contribution >= 0.6 is 0 Å². The van der Waals surface area contributed by atoms with Crippen molar-refractivity contribution in [1.29, 1.82) is 0 Å². The Morgan fingerprint density at radius 2 is 1.66 bits per heavy atom. The average molecular weight is 475 g/mol. The molecular formula is C26H30N6O3. The van der Waals surface area contributed by atoms with E-state index in [1.165, 1.54) is 4.80 Å². The molecule has 1 atom stereocenters. The minimum atomic E-state index is -0.584. The van der Waals surface area contributed by atoms with E-state index in [1.54, 1.807) is 26.6 Å². The van der Waals surface area contributed by atoms with E-state index in [0.717, 1.165) is 40.8 Å². The summed E-state index contributed by atoms with van der Waals surface area (Å²) in [6, 6.07) is 7.73. The van der Waals surface area contributed by atoms with Crippen LogP contribution in [0, 0.1) is 13.8 Å². The van der Waals surface area contributed by atoms with Crippen LogP contribution in [0.5, 0.6) is 11.5 Å². The number of benzene rings is 2. The summed E-state index contributed by atoms with van der Waals surface area (Å²) in [4.78, 5) is 22.6. The molecule has 0 N–H and O–H groups in total. The lowest BCUT2D eigenvalue weighted by atomic mass is 9.96. The van der Waals surface area contributed by atoms with Gasteiger partial charge in [-0.2, -0.15) is 15.0 Å². The fourth-order valence-electron chi connectivity index (χ4n) is 5.15. The maximum atomic E-state index is 14.1. The number of hydrogen-bond donors (Lipinski definition) is 0. The van der Waals surface area contributed by atoms with Crippen LogP contribution in [0.1, 0.15) is 47.1 Å². The molecule has 0 bridgehead atoms. The zero-order valence-electron chi connectivity index (χ0n) is 21.0. The van der Waals surface area contributed by atoms with E-state index in [4.69, 9.17) is 14.5 Å². The molecule has 5 rings (SSSR count). The van der Waals surface area contributed by atoms with Crippen molar-refractivity contribution in [3.63, 3.8) is 0 Å². The van der Waals surface area contributed by atoms with Gasteiger partial charge in [-0.25, -0.2) is 4.98 Å². The van der Waals surface area contributed by atoms with E-state index in [-0.39, 0.29) is 5.91 Å². The maximum absolute atomic E-state index is 14.1. The molecule has 1 unspecified atom stereocenters. The molecule has 9 heteroatoms. The van der Waals surface area contributed by atoms with Crippen molar-refractivity contribution in [2.75, 3.05) is 20.8 Å². The van der Waals surface area contributed by atoms with Gasteiger partial charge >= 0.3 is 0 Å². The van der Waals surface area contributed by atoms with E-state index >= 15 is 0 Å². The topological polar surface area (TPSA) is 87.3 Å². The number of ether oxygens (including phenoxy) is 2. The standard InChI is InChI=1S/C26H30N6O3/c1-16-12-18(20(13-17(16)2)32-27-9-10-28-32)24(33)31-11-7-8-26(31,3)25-29-19-14-22(34-5)23(35-6)15-21(19)30(25)4/h9-10,12-15H,7-8,11H2,1-6H3. The zero-order chi connectivity index (χ0) is 24.9. The highest BCUT2D eigenvalue weighted by atomic mass is 16.5. The Morgan fingerprint density at radius 3 is 2.34 bits per heavy atom. The molecule has 4 aromatic rings. The summed E-state index contributed by atoms with van der Waals surface area (Å²) in [5.74, 6) is 2.05. The second-order valence-corrected chi connectivity index (χ2v) is 9.30. The number of nitrogens with zero attached hydrogens (tertiary/aromatic N) is 6. The van der Waals surface area contributed by atoms with E-state index in [9.17, 15) is 4.79 Å². The van der Waals surface area contributed by atoms with Crippen molar-refractivity contribution in [2.24, 2.45) is 7.05 Å². The molecule has 182 valence electrons. The molecule has 1 aliphatic heterocycles. The summed E-state index contributed by atoms with van der Waals surface area (Å²) in [6.07, 6.45) is 4.93. The Morgan fingerprint density at radius 1 is 1.00 bits per heavy atom. The summed E-state index contributed by atoms with van der Waals surface area (Å²) in [5, 5.41) is 8.58. The summed E-state index contributed by atoms with van der Waals surface area (Å²) >= 11 is 0. The third kappa shape index (κ3) is 3.53. The molecular weight excluding hydrogens is 444 g/mol. The third-order valence-corrected chi connectivity index (χ3v) is 7.23. The fourth-order valence-corrected chi connectivity index (χ4v) is 5.15. The highest BCUT2D eigenvalue weighted by Crippen LogP contribution is 2.42. The number of aromatic nitrogens is 5. The van der Waals surface area contributed by atoms with Crippen molar-refractivity contribution >= 4 is 16.9 Å². The first-order valence-corrected chi connectivity index (χ1v) is 11.7. The largest absolute Gasteiger partial charge is 0.493 e. The van der Waals surface area contributed by atoms with Crippen LogP contribution in [-0.2, 0) is 12.6 Å². The Labute approximate surface area is 204 Å². The Hall–Kier alpha value is -3.88. The van der Waals surface area contributed by atoms with Gasteiger partial charge in [-0.15, -0.1) is 0 Å². The minimum Gasteiger partial charge on any atom is -0.493 e. The van der Waals surface area contributed by atoms with Crippen molar-refractivity contribution in [1.82, 2.24) is 29.4 Å². The van der Waals surface area contributed by atoms with Crippen LogP contribution in [0.3, 0.4) is 0 Å². The van der Waals surface area contributed by atoms with Gasteiger partial charge in [0.15, 0.2) is 11.5 Å². The van der Waals surface area contributed by atoms with E-state index < -0.39 is 5.54 Å². The van der Waals surface area contributed by atoms with Crippen LogP contribution < -0.4 is 9.47 Å². The molecule has 35 heavy (non-hydrogen) atoms. The number of carbonyl (C=O) groups is 1. The zero-order valence-corrected chi connectivity index (χ0v) is 21.0. The first-order valence-electron chi connectivity index (χ1n) is 11.7. The van der Waals surface area contributed by atoms with Crippen LogP contribution in [0.4, 0.5) is 0 Å². The van der Waals surface area contributed by atoms with Gasteiger partial charge in [0, 0.05) is 25.7 Å². The van der Waals surface area contributed by atoms with Crippen LogP contribution in [0.2, 0.25) is 0 Å². The van der Waals surface area contributed by atoms with E-state index in [2.05, 4.69) is 21.7 Å². The number of aryl methyl sites for hydroxylation is 3. The Kier molecular flexibility index (Phi) is 5.50. The van der Waals surface area contributed by atoms with E-state index in [0.29, 0.717) is 29.3 Å². The minimum absolute atomic E-state index is 0.0531. The lowest BCUT2D eigenvalue weighted by Gasteiger charge is -2.35. The number of hydrogen-bond acceptors (Lipinski definition) is 6. The van der Waals surface area contributed by atoms with Crippen LogP contribution in [-0.4, -0.2) is 56.1 Å². The number of imidazole rings is 1. The molecule has 0 spiro atoms. The van der Waals surface area contributed by atoms with Crippen molar-refractivity contribution in [2.45, 2.75) is 39.2 Å². The van der Waals surface area contributed by atoms with Crippen molar-refractivity contribution in [3.8, 4) is 17.2 Å². The fraction of sp³-hybridized carbons (Fsp3) is 0.385. The van der Waals surface area contributed by atoms with Gasteiger partial charge < -0.3 is 18.9 Å². The smallest absolute Gasteiger partial charge is 0.256 e. The molecule has 3 heterocycles. The van der Waals surface area contributed by atoms with Crippen LogP contribution in [0.15, 0.2) is 36.7 Å². The lowest BCUT2D eigenvalue weighted by Crippen LogP contribution is -2.44. The molecule has 1 amide bonds. The Balaban J connectivity index is 1.62. The number of methoxy groups -OCH3 is 2. The molecule has 0 radical (unpaired) electrons. The normalized spacial score (nSPS) is 17.8. The number of rotatable bonds is 5.